The maximum absolute atomic E-state index is 13.6. The van der Waals surface area contributed by atoms with Crippen LogP contribution in [0.1, 0.15) is 63.8 Å². The van der Waals surface area contributed by atoms with Gasteiger partial charge in [0, 0.05) is 40.6 Å². The third-order valence-corrected chi connectivity index (χ3v) is 9.57. The number of hydrogen-bond acceptors (Lipinski definition) is 8. The molecule has 0 N–H and O–H groups in total. The number of halogens is 1. The molecule has 2 aliphatic heterocycles. The zero-order chi connectivity index (χ0) is 35.0. The van der Waals surface area contributed by atoms with Gasteiger partial charge in [0.15, 0.2) is 11.8 Å². The van der Waals surface area contributed by atoms with E-state index in [1.54, 1.807) is 4.52 Å². The van der Waals surface area contributed by atoms with Crippen LogP contribution >= 0.6 is 11.6 Å². The fourth-order valence-electron chi connectivity index (χ4n) is 6.89. The highest BCUT2D eigenvalue weighted by atomic mass is 35.5. The fourth-order valence-corrected chi connectivity index (χ4v) is 7.26. The first-order valence-electron chi connectivity index (χ1n) is 17.3. The van der Waals surface area contributed by atoms with Crippen LogP contribution in [-0.2, 0) is 14.3 Å². The van der Waals surface area contributed by atoms with Crippen LogP contribution < -0.4 is 14.4 Å². The van der Waals surface area contributed by atoms with Gasteiger partial charge < -0.3 is 23.8 Å². The molecule has 3 aromatic carbocycles. The molecule has 9 nitrogen and oxygen atoms in total. The van der Waals surface area contributed by atoms with Crippen molar-refractivity contribution in [2.75, 3.05) is 38.3 Å². The standard InChI is InChI=1S/C40H43ClN4O5/c1-25-34(38(39(46)47-5)50-40(2,3)4)36-29-17-18-32-37(35(29)41)44(20-22-49-32)19-10-6-7-11-21-48-31-16-9-8-15-28(31)26-13-12-14-27(23-26)30-24-33(42-25)45(36)43-30/h8-9,12-18,23-24,38H,6-7,10-11,19-22H2,1-5H3/t38-/m0/s1. The molecule has 260 valence electrons. The van der Waals surface area contributed by atoms with Crippen molar-refractivity contribution in [2.45, 2.75) is 65.1 Å². The Hall–Kier alpha value is -4.60. The number of para-hydroxylation sites is 1. The number of rotatable bonds is 3. The van der Waals surface area contributed by atoms with Crippen molar-refractivity contribution in [3.05, 3.63) is 83.0 Å². The first kappa shape index (κ1) is 33.9. The van der Waals surface area contributed by atoms with Crippen LogP contribution in [-0.4, -0.2) is 59.6 Å². The molecule has 0 aliphatic carbocycles. The maximum Gasteiger partial charge on any atom is 0.339 e. The second-order valence-corrected chi connectivity index (χ2v) is 14.2. The molecule has 4 heterocycles. The Morgan fingerprint density at radius 3 is 2.48 bits per heavy atom. The van der Waals surface area contributed by atoms with E-state index >= 15 is 0 Å². The Kier molecular flexibility index (Phi) is 9.46. The highest BCUT2D eigenvalue weighted by Gasteiger charge is 2.35. The van der Waals surface area contributed by atoms with Gasteiger partial charge in [0.1, 0.15) is 18.1 Å². The number of methoxy groups -OCH3 is 1. The van der Waals surface area contributed by atoms with Crippen molar-refractivity contribution >= 4 is 28.9 Å². The topological polar surface area (TPSA) is 87.4 Å². The average Bonchev–Trinajstić information content (AvgIpc) is 3.53. The van der Waals surface area contributed by atoms with Crippen LogP contribution in [0.15, 0.2) is 66.7 Å². The number of fused-ring (bicyclic) bond motifs is 8. The predicted octanol–water partition coefficient (Wildman–Crippen LogP) is 8.87. The summed E-state index contributed by atoms with van der Waals surface area (Å²) < 4.78 is 26.0. The molecule has 2 aromatic heterocycles. The normalized spacial score (nSPS) is 15.5. The number of esters is 1. The van der Waals surface area contributed by atoms with Crippen molar-refractivity contribution in [3.8, 4) is 45.1 Å². The molecular formula is C40H43ClN4O5. The number of anilines is 1. The molecule has 0 saturated carbocycles. The minimum atomic E-state index is -1.09. The third-order valence-electron chi connectivity index (χ3n) is 9.18. The monoisotopic (exact) mass is 694 g/mol. The van der Waals surface area contributed by atoms with E-state index in [0.29, 0.717) is 52.9 Å². The summed E-state index contributed by atoms with van der Waals surface area (Å²) in [6.45, 7) is 10.4. The number of ether oxygens (including phenoxy) is 4. The quantitative estimate of drug-likeness (QED) is 0.173. The highest BCUT2D eigenvalue weighted by Crippen LogP contribution is 2.47. The zero-order valence-corrected chi connectivity index (χ0v) is 30.0. The first-order chi connectivity index (χ1) is 24.1. The van der Waals surface area contributed by atoms with Gasteiger partial charge in [0.2, 0.25) is 0 Å². The Labute approximate surface area is 298 Å². The molecule has 1 atom stereocenters. The molecule has 0 amide bonds. The van der Waals surface area contributed by atoms with Gasteiger partial charge in [0.05, 0.1) is 48.0 Å². The Morgan fingerprint density at radius 2 is 1.66 bits per heavy atom. The van der Waals surface area contributed by atoms with Crippen LogP contribution in [0.3, 0.4) is 0 Å². The molecule has 0 radical (unpaired) electrons. The number of aryl methyl sites for hydroxylation is 1. The van der Waals surface area contributed by atoms with Gasteiger partial charge in [0.25, 0.3) is 0 Å². The number of benzene rings is 3. The van der Waals surface area contributed by atoms with E-state index in [0.717, 1.165) is 71.8 Å². The summed E-state index contributed by atoms with van der Waals surface area (Å²) in [6.07, 6.45) is 2.99. The van der Waals surface area contributed by atoms with Gasteiger partial charge in [-0.2, -0.15) is 5.10 Å². The van der Waals surface area contributed by atoms with Crippen LogP contribution in [0.25, 0.3) is 39.3 Å². The summed E-state index contributed by atoms with van der Waals surface area (Å²) in [5.41, 5.74) is 6.90. The molecular weight excluding hydrogens is 652 g/mol. The van der Waals surface area contributed by atoms with E-state index in [9.17, 15) is 4.79 Å². The summed E-state index contributed by atoms with van der Waals surface area (Å²) in [5.74, 6) is 1.06. The molecule has 0 spiro atoms. The predicted molar refractivity (Wildman–Crippen MR) is 196 cm³/mol. The Balaban J connectivity index is 1.50. The summed E-state index contributed by atoms with van der Waals surface area (Å²) in [5, 5.41) is 5.68. The Morgan fingerprint density at radius 1 is 0.880 bits per heavy atom. The minimum Gasteiger partial charge on any atom is -0.493 e. The molecule has 0 unspecified atom stereocenters. The lowest BCUT2D eigenvalue weighted by atomic mass is 9.97. The van der Waals surface area contributed by atoms with Crippen LogP contribution in [0.2, 0.25) is 5.02 Å². The van der Waals surface area contributed by atoms with Crippen molar-refractivity contribution in [1.29, 1.82) is 0 Å². The summed E-state index contributed by atoms with van der Waals surface area (Å²) >= 11 is 7.46. The molecule has 0 saturated heterocycles. The molecule has 10 heteroatoms. The second-order valence-electron chi connectivity index (χ2n) is 13.8. The lowest BCUT2D eigenvalue weighted by molar-refractivity contribution is -0.164. The number of carbonyl (C=O) groups is 1. The molecule has 7 rings (SSSR count). The van der Waals surface area contributed by atoms with Crippen LogP contribution in [0.4, 0.5) is 5.69 Å². The van der Waals surface area contributed by atoms with Gasteiger partial charge >= 0.3 is 5.97 Å². The van der Waals surface area contributed by atoms with E-state index in [4.69, 9.17) is 40.6 Å². The van der Waals surface area contributed by atoms with Gasteiger partial charge in [-0.1, -0.05) is 60.8 Å². The summed E-state index contributed by atoms with van der Waals surface area (Å²) in [4.78, 5) is 20.9. The highest BCUT2D eigenvalue weighted by molar-refractivity contribution is 6.36. The van der Waals surface area contributed by atoms with Gasteiger partial charge in [-0.3, -0.25) is 0 Å². The van der Waals surface area contributed by atoms with Crippen molar-refractivity contribution in [3.63, 3.8) is 0 Å². The van der Waals surface area contributed by atoms with E-state index in [1.807, 2.05) is 76.2 Å². The van der Waals surface area contributed by atoms with Crippen LogP contribution in [0.5, 0.6) is 11.5 Å². The number of carbonyl (C=O) groups excluding carboxylic acids is 1. The summed E-state index contributed by atoms with van der Waals surface area (Å²) in [6, 6.07) is 22.3. The number of nitrogens with zero attached hydrogens (tertiary/aromatic N) is 4. The van der Waals surface area contributed by atoms with Gasteiger partial charge in [-0.25, -0.2) is 14.3 Å². The zero-order valence-electron chi connectivity index (χ0n) is 29.3. The fraction of sp³-hybridized carbons (Fsp3) is 0.375. The lowest BCUT2D eigenvalue weighted by Crippen LogP contribution is -2.34. The first-order valence-corrected chi connectivity index (χ1v) is 17.7. The second kappa shape index (κ2) is 14.0. The molecule has 2 aliphatic rings. The molecule has 5 aromatic rings. The van der Waals surface area contributed by atoms with Gasteiger partial charge in [-0.05, 0) is 70.4 Å². The van der Waals surface area contributed by atoms with Gasteiger partial charge in [-0.15, -0.1) is 0 Å². The van der Waals surface area contributed by atoms with E-state index < -0.39 is 17.7 Å². The Bertz CT molecular complexity index is 2050. The van der Waals surface area contributed by atoms with Crippen molar-refractivity contribution in [2.24, 2.45) is 0 Å². The van der Waals surface area contributed by atoms with E-state index in [2.05, 4.69) is 23.1 Å². The third kappa shape index (κ3) is 6.64. The van der Waals surface area contributed by atoms with Crippen molar-refractivity contribution in [1.82, 2.24) is 14.6 Å². The average molecular weight is 695 g/mol. The molecule has 6 bridgehead atoms. The molecule has 50 heavy (non-hydrogen) atoms. The lowest BCUT2D eigenvalue weighted by Gasteiger charge is -2.33. The maximum atomic E-state index is 13.6. The molecule has 0 fully saturated rings. The summed E-state index contributed by atoms with van der Waals surface area (Å²) in [7, 11) is 1.37. The van der Waals surface area contributed by atoms with E-state index in [1.165, 1.54) is 7.11 Å². The van der Waals surface area contributed by atoms with E-state index in [-0.39, 0.29) is 0 Å². The smallest absolute Gasteiger partial charge is 0.339 e. The van der Waals surface area contributed by atoms with Crippen LogP contribution in [0, 0.1) is 6.92 Å². The van der Waals surface area contributed by atoms with Crippen molar-refractivity contribution < 1.29 is 23.7 Å². The number of aromatic nitrogens is 3. The number of hydrogen-bond donors (Lipinski definition) is 0. The SMILES string of the molecule is COC(=O)[C@@H](OC(C)(C)C)c1c(C)nc2cc3nn2c1-c1ccc2c(c1Cl)N(CCCCCCOc1ccccc1-c1cccc-3c1)CCO2. The minimum absolute atomic E-state index is 0.521. The largest absolute Gasteiger partial charge is 0.493 e.